The third-order valence-electron chi connectivity index (χ3n) is 1.85. The van der Waals surface area contributed by atoms with E-state index in [1.165, 1.54) is 11.8 Å². The molecule has 0 amide bonds. The Morgan fingerprint density at radius 1 is 1.46 bits per heavy atom. The molecule has 0 saturated carbocycles. The lowest BCUT2D eigenvalue weighted by Gasteiger charge is -1.97. The van der Waals surface area contributed by atoms with Crippen LogP contribution >= 0.6 is 23.4 Å². The molecule has 0 aliphatic rings. The number of aromatic amines is 1. The largest absolute Gasteiger partial charge is 0.346 e. The number of nitrogens with zero attached hydrogens (tertiary/aromatic N) is 2. The Bertz CT molecular complexity index is 452. The molecule has 2 rings (SSSR count). The minimum atomic E-state index is 0.521. The maximum absolute atomic E-state index is 6.00. The van der Waals surface area contributed by atoms with Gasteiger partial charge in [0.25, 0.3) is 0 Å². The number of thioether (sulfide) groups is 1. The average molecular weight is 214 g/mol. The summed E-state index contributed by atoms with van der Waals surface area (Å²) < 4.78 is 0. The van der Waals surface area contributed by atoms with Crippen molar-refractivity contribution < 1.29 is 0 Å². The van der Waals surface area contributed by atoms with E-state index >= 15 is 0 Å². The van der Waals surface area contributed by atoms with Crippen LogP contribution < -0.4 is 0 Å². The number of hydrogen-bond acceptors (Lipinski definition) is 3. The van der Waals surface area contributed by atoms with Crippen LogP contribution in [0.2, 0.25) is 5.15 Å². The molecule has 13 heavy (non-hydrogen) atoms. The van der Waals surface area contributed by atoms with Crippen LogP contribution in [0.15, 0.2) is 11.4 Å². The van der Waals surface area contributed by atoms with E-state index < -0.39 is 0 Å². The summed E-state index contributed by atoms with van der Waals surface area (Å²) in [6.45, 7) is 1.98. The zero-order valence-corrected chi connectivity index (χ0v) is 8.83. The molecule has 0 aliphatic heterocycles. The summed E-state index contributed by atoms with van der Waals surface area (Å²) in [5.41, 5.74) is 1.88. The Hall–Kier alpha value is -0.740. The third-order valence-corrected chi connectivity index (χ3v) is 2.67. The molecule has 0 atom stereocenters. The van der Waals surface area contributed by atoms with Gasteiger partial charge in [0.1, 0.15) is 10.8 Å². The van der Waals surface area contributed by atoms with Gasteiger partial charge in [-0.15, -0.1) is 0 Å². The van der Waals surface area contributed by atoms with Gasteiger partial charge in [-0.3, -0.25) is 0 Å². The number of fused-ring (bicyclic) bond motifs is 1. The van der Waals surface area contributed by atoms with E-state index in [-0.39, 0.29) is 0 Å². The Kier molecular flexibility index (Phi) is 2.17. The fourth-order valence-electron chi connectivity index (χ4n) is 1.21. The van der Waals surface area contributed by atoms with Crippen molar-refractivity contribution in [1.82, 2.24) is 15.0 Å². The molecular formula is C8H8ClN3S. The molecule has 0 aliphatic carbocycles. The van der Waals surface area contributed by atoms with Crippen LogP contribution in [0.5, 0.6) is 0 Å². The number of rotatable bonds is 1. The van der Waals surface area contributed by atoms with Crippen molar-refractivity contribution in [1.29, 1.82) is 0 Å². The molecular weight excluding hydrogens is 206 g/mol. The Morgan fingerprint density at radius 3 is 2.92 bits per heavy atom. The first-order chi connectivity index (χ1) is 6.22. The van der Waals surface area contributed by atoms with Crippen molar-refractivity contribution in [3.8, 4) is 0 Å². The maximum atomic E-state index is 6.00. The Balaban J connectivity index is 2.79. The normalized spacial score (nSPS) is 11.0. The van der Waals surface area contributed by atoms with E-state index in [0.717, 1.165) is 16.6 Å². The summed E-state index contributed by atoms with van der Waals surface area (Å²) in [7, 11) is 0. The molecule has 2 aromatic rings. The lowest BCUT2D eigenvalue weighted by Crippen LogP contribution is -1.88. The predicted molar refractivity (Wildman–Crippen MR) is 55.4 cm³/mol. The van der Waals surface area contributed by atoms with Crippen LogP contribution in [0.3, 0.4) is 0 Å². The molecule has 1 N–H and O–H groups in total. The highest BCUT2D eigenvalue weighted by Gasteiger charge is 2.08. The van der Waals surface area contributed by atoms with Gasteiger partial charge in [0.15, 0.2) is 5.16 Å². The molecule has 0 fully saturated rings. The van der Waals surface area contributed by atoms with Crippen molar-refractivity contribution in [2.75, 3.05) is 6.26 Å². The van der Waals surface area contributed by atoms with Crippen LogP contribution in [-0.2, 0) is 0 Å². The predicted octanol–water partition coefficient (Wildman–Crippen LogP) is 2.64. The number of aryl methyl sites for hydroxylation is 1. The van der Waals surface area contributed by atoms with Gasteiger partial charge in [-0.1, -0.05) is 23.4 Å². The average Bonchev–Trinajstić information content (AvgIpc) is 2.48. The number of halogens is 1. The molecule has 2 heterocycles. The third kappa shape index (κ3) is 1.40. The van der Waals surface area contributed by atoms with Gasteiger partial charge >= 0.3 is 0 Å². The summed E-state index contributed by atoms with van der Waals surface area (Å²) in [4.78, 5) is 11.5. The summed E-state index contributed by atoms with van der Waals surface area (Å²) in [6, 6.07) is 0. The van der Waals surface area contributed by atoms with Crippen LogP contribution in [0.1, 0.15) is 5.56 Å². The fraction of sp³-hybridized carbons (Fsp3) is 0.250. The van der Waals surface area contributed by atoms with Crippen molar-refractivity contribution in [3.63, 3.8) is 0 Å². The Morgan fingerprint density at radius 2 is 2.23 bits per heavy atom. The number of aromatic nitrogens is 3. The number of hydrogen-bond donors (Lipinski definition) is 1. The second-order valence-electron chi connectivity index (χ2n) is 2.70. The quantitative estimate of drug-likeness (QED) is 0.450. The first-order valence-electron chi connectivity index (χ1n) is 3.77. The van der Waals surface area contributed by atoms with Gasteiger partial charge in [-0.25, -0.2) is 9.97 Å². The summed E-state index contributed by atoms with van der Waals surface area (Å²) >= 11 is 7.48. The van der Waals surface area contributed by atoms with Crippen molar-refractivity contribution in [2.45, 2.75) is 12.1 Å². The molecule has 5 heteroatoms. The van der Waals surface area contributed by atoms with E-state index in [1.54, 1.807) is 0 Å². The first kappa shape index (κ1) is 8.84. The molecule has 3 nitrogen and oxygen atoms in total. The van der Waals surface area contributed by atoms with Crippen LogP contribution in [0, 0.1) is 6.92 Å². The highest BCUT2D eigenvalue weighted by Crippen LogP contribution is 2.25. The van der Waals surface area contributed by atoms with E-state index in [1.807, 2.05) is 19.4 Å². The topological polar surface area (TPSA) is 41.6 Å². The molecule has 2 aromatic heterocycles. The van der Waals surface area contributed by atoms with E-state index in [0.29, 0.717) is 10.3 Å². The van der Waals surface area contributed by atoms with Gasteiger partial charge in [0, 0.05) is 6.20 Å². The molecule has 0 spiro atoms. The zero-order valence-electron chi connectivity index (χ0n) is 7.26. The minimum absolute atomic E-state index is 0.521. The molecule has 68 valence electrons. The highest BCUT2D eigenvalue weighted by molar-refractivity contribution is 7.98. The van der Waals surface area contributed by atoms with E-state index in [4.69, 9.17) is 11.6 Å². The summed E-state index contributed by atoms with van der Waals surface area (Å²) in [5.74, 6) is 0. The smallest absolute Gasteiger partial charge is 0.190 e. The second-order valence-corrected chi connectivity index (χ2v) is 3.83. The van der Waals surface area contributed by atoms with Crippen molar-refractivity contribution in [3.05, 3.63) is 16.9 Å². The molecule has 0 radical (unpaired) electrons. The SMILES string of the molecule is CSc1nc(Cl)c2c(C)c[nH]c2n1. The lowest BCUT2D eigenvalue weighted by molar-refractivity contribution is 0.998. The molecule has 0 aromatic carbocycles. The summed E-state index contributed by atoms with van der Waals surface area (Å²) in [6.07, 6.45) is 3.81. The van der Waals surface area contributed by atoms with Crippen LogP contribution in [0.4, 0.5) is 0 Å². The van der Waals surface area contributed by atoms with Gasteiger partial charge < -0.3 is 4.98 Å². The molecule has 0 saturated heterocycles. The Labute approximate surface area is 84.9 Å². The van der Waals surface area contributed by atoms with Gasteiger partial charge in [0.05, 0.1) is 5.39 Å². The minimum Gasteiger partial charge on any atom is -0.346 e. The lowest BCUT2D eigenvalue weighted by atomic mass is 10.3. The molecule has 0 bridgehead atoms. The highest BCUT2D eigenvalue weighted by atomic mass is 35.5. The fourth-order valence-corrected chi connectivity index (χ4v) is 1.94. The standard InChI is InChI=1S/C8H8ClN3S/c1-4-3-10-7-5(4)6(9)11-8(12-7)13-2/h3H,1-2H3,(H,10,11,12). The van der Waals surface area contributed by atoms with Crippen LogP contribution in [-0.4, -0.2) is 21.2 Å². The maximum Gasteiger partial charge on any atom is 0.190 e. The van der Waals surface area contributed by atoms with Crippen molar-refractivity contribution in [2.24, 2.45) is 0 Å². The number of H-pyrrole nitrogens is 1. The second kappa shape index (κ2) is 3.20. The van der Waals surface area contributed by atoms with E-state index in [9.17, 15) is 0 Å². The van der Waals surface area contributed by atoms with Crippen molar-refractivity contribution >= 4 is 34.4 Å². The first-order valence-corrected chi connectivity index (χ1v) is 5.38. The number of nitrogens with one attached hydrogen (secondary N) is 1. The van der Waals surface area contributed by atoms with Gasteiger partial charge in [0.2, 0.25) is 0 Å². The zero-order chi connectivity index (χ0) is 9.42. The summed E-state index contributed by atoms with van der Waals surface area (Å²) in [5, 5.41) is 2.13. The van der Waals surface area contributed by atoms with E-state index in [2.05, 4.69) is 15.0 Å². The van der Waals surface area contributed by atoms with Crippen LogP contribution in [0.25, 0.3) is 11.0 Å². The monoisotopic (exact) mass is 213 g/mol. The van der Waals surface area contributed by atoms with Gasteiger partial charge in [-0.05, 0) is 18.7 Å². The molecule has 0 unspecified atom stereocenters. The van der Waals surface area contributed by atoms with Gasteiger partial charge in [-0.2, -0.15) is 0 Å².